The molecule has 0 spiro atoms. The average molecular weight is 251 g/mol. The highest BCUT2D eigenvalue weighted by molar-refractivity contribution is 5.13. The van der Waals surface area contributed by atoms with E-state index >= 15 is 0 Å². The molecule has 0 amide bonds. The summed E-state index contributed by atoms with van der Waals surface area (Å²) in [6.45, 7) is 8.14. The van der Waals surface area contributed by atoms with Gasteiger partial charge < -0.3 is 10.5 Å². The van der Waals surface area contributed by atoms with E-state index in [0.29, 0.717) is 0 Å². The SMILES string of the molecule is CCc1cc(CC(N)C2(C)CCCO2)n(CC)n1. The maximum absolute atomic E-state index is 6.35. The van der Waals surface area contributed by atoms with Gasteiger partial charge in [0.05, 0.1) is 11.3 Å². The lowest BCUT2D eigenvalue weighted by Crippen LogP contribution is -2.46. The predicted molar refractivity (Wildman–Crippen MR) is 72.5 cm³/mol. The summed E-state index contributed by atoms with van der Waals surface area (Å²) in [7, 11) is 0. The standard InChI is InChI=1S/C14H25N3O/c1-4-11-9-12(17(5-2)16-11)10-13(15)14(3)7-6-8-18-14/h9,13H,4-8,10,15H2,1-3H3. The van der Waals surface area contributed by atoms with Crippen LogP contribution in [0.2, 0.25) is 0 Å². The second-order valence-corrected chi connectivity index (χ2v) is 5.37. The van der Waals surface area contributed by atoms with E-state index in [9.17, 15) is 0 Å². The first-order valence-corrected chi connectivity index (χ1v) is 7.04. The molecule has 1 saturated heterocycles. The van der Waals surface area contributed by atoms with E-state index in [2.05, 4.69) is 36.6 Å². The van der Waals surface area contributed by atoms with Gasteiger partial charge in [-0.2, -0.15) is 5.10 Å². The molecule has 1 fully saturated rings. The number of rotatable bonds is 5. The van der Waals surface area contributed by atoms with Gasteiger partial charge >= 0.3 is 0 Å². The van der Waals surface area contributed by atoms with E-state index in [1.165, 1.54) is 5.69 Å². The second-order valence-electron chi connectivity index (χ2n) is 5.37. The maximum Gasteiger partial charge on any atom is 0.0809 e. The number of nitrogens with two attached hydrogens (primary N) is 1. The fourth-order valence-corrected chi connectivity index (χ4v) is 2.66. The van der Waals surface area contributed by atoms with Gasteiger partial charge in [0.15, 0.2) is 0 Å². The monoisotopic (exact) mass is 251 g/mol. The molecule has 0 radical (unpaired) electrons. The Morgan fingerprint density at radius 2 is 2.33 bits per heavy atom. The van der Waals surface area contributed by atoms with Crippen LogP contribution in [0.5, 0.6) is 0 Å². The summed E-state index contributed by atoms with van der Waals surface area (Å²) in [6.07, 6.45) is 4.01. The normalized spacial score (nSPS) is 25.6. The van der Waals surface area contributed by atoms with Crippen LogP contribution in [0.15, 0.2) is 6.07 Å². The molecule has 102 valence electrons. The molecule has 2 heterocycles. The summed E-state index contributed by atoms with van der Waals surface area (Å²) in [6, 6.07) is 2.23. The summed E-state index contributed by atoms with van der Waals surface area (Å²) in [4.78, 5) is 0. The van der Waals surface area contributed by atoms with E-state index in [1.54, 1.807) is 0 Å². The number of aryl methyl sites for hydroxylation is 2. The summed E-state index contributed by atoms with van der Waals surface area (Å²) < 4.78 is 7.89. The maximum atomic E-state index is 6.35. The minimum Gasteiger partial charge on any atom is -0.374 e. The molecule has 18 heavy (non-hydrogen) atoms. The van der Waals surface area contributed by atoms with Crippen molar-refractivity contribution in [2.45, 2.75) is 64.6 Å². The molecule has 4 nitrogen and oxygen atoms in total. The van der Waals surface area contributed by atoms with E-state index in [0.717, 1.165) is 44.5 Å². The number of ether oxygens (including phenoxy) is 1. The molecule has 0 bridgehead atoms. The van der Waals surface area contributed by atoms with Gasteiger partial charge in [-0.3, -0.25) is 4.68 Å². The molecule has 1 aromatic heterocycles. The van der Waals surface area contributed by atoms with Crippen LogP contribution in [0.4, 0.5) is 0 Å². The van der Waals surface area contributed by atoms with Crippen molar-refractivity contribution >= 4 is 0 Å². The zero-order valence-corrected chi connectivity index (χ0v) is 11.8. The number of hydrogen-bond acceptors (Lipinski definition) is 3. The van der Waals surface area contributed by atoms with Gasteiger partial charge in [0.2, 0.25) is 0 Å². The Morgan fingerprint density at radius 1 is 1.56 bits per heavy atom. The van der Waals surface area contributed by atoms with Crippen molar-refractivity contribution in [1.29, 1.82) is 0 Å². The fraction of sp³-hybridized carbons (Fsp3) is 0.786. The van der Waals surface area contributed by atoms with Crippen LogP contribution in [0.25, 0.3) is 0 Å². The lowest BCUT2D eigenvalue weighted by Gasteiger charge is -2.30. The smallest absolute Gasteiger partial charge is 0.0809 e. The molecule has 2 unspecified atom stereocenters. The molecule has 2 rings (SSSR count). The topological polar surface area (TPSA) is 53.1 Å². The first kappa shape index (κ1) is 13.6. The number of hydrogen-bond donors (Lipinski definition) is 1. The largest absolute Gasteiger partial charge is 0.374 e. The van der Waals surface area contributed by atoms with Crippen molar-refractivity contribution in [2.24, 2.45) is 5.73 Å². The van der Waals surface area contributed by atoms with Crippen LogP contribution in [0.3, 0.4) is 0 Å². The molecule has 2 N–H and O–H groups in total. The van der Waals surface area contributed by atoms with Crippen LogP contribution in [-0.2, 0) is 24.1 Å². The minimum absolute atomic E-state index is 0.0479. The van der Waals surface area contributed by atoms with Gasteiger partial charge in [-0.05, 0) is 39.2 Å². The van der Waals surface area contributed by atoms with Crippen molar-refractivity contribution in [3.05, 3.63) is 17.5 Å². The van der Waals surface area contributed by atoms with Crippen molar-refractivity contribution in [3.8, 4) is 0 Å². The Kier molecular flexibility index (Phi) is 4.07. The summed E-state index contributed by atoms with van der Waals surface area (Å²) in [5.74, 6) is 0. The van der Waals surface area contributed by atoms with E-state index in [1.807, 2.05) is 0 Å². The zero-order valence-electron chi connectivity index (χ0n) is 11.8. The van der Waals surface area contributed by atoms with E-state index < -0.39 is 0 Å². The molecule has 1 aliphatic rings. The van der Waals surface area contributed by atoms with Gasteiger partial charge in [-0.1, -0.05) is 6.92 Å². The minimum atomic E-state index is -0.158. The Morgan fingerprint density at radius 3 is 2.89 bits per heavy atom. The molecule has 2 atom stereocenters. The van der Waals surface area contributed by atoms with Gasteiger partial charge in [0.25, 0.3) is 0 Å². The average Bonchev–Trinajstić information content (AvgIpc) is 2.96. The van der Waals surface area contributed by atoms with Crippen LogP contribution < -0.4 is 5.73 Å². The Labute approximate surface area is 110 Å². The molecule has 0 aromatic carbocycles. The Hall–Kier alpha value is -0.870. The Balaban J connectivity index is 2.10. The van der Waals surface area contributed by atoms with E-state index in [-0.39, 0.29) is 11.6 Å². The highest BCUT2D eigenvalue weighted by atomic mass is 16.5. The van der Waals surface area contributed by atoms with Crippen molar-refractivity contribution in [2.75, 3.05) is 6.61 Å². The number of aromatic nitrogens is 2. The predicted octanol–water partition coefficient (Wildman–Crippen LogP) is 1.90. The third kappa shape index (κ3) is 2.59. The third-order valence-electron chi connectivity index (χ3n) is 4.04. The van der Waals surface area contributed by atoms with Gasteiger partial charge in [0.1, 0.15) is 0 Å². The molecule has 1 aromatic rings. The third-order valence-corrected chi connectivity index (χ3v) is 4.04. The first-order valence-electron chi connectivity index (χ1n) is 7.04. The van der Waals surface area contributed by atoms with Crippen LogP contribution in [0.1, 0.15) is 45.0 Å². The van der Waals surface area contributed by atoms with Gasteiger partial charge in [0, 0.05) is 31.3 Å². The summed E-state index contributed by atoms with van der Waals surface area (Å²) in [5.41, 5.74) is 8.58. The molecule has 1 aliphatic heterocycles. The van der Waals surface area contributed by atoms with Gasteiger partial charge in [-0.25, -0.2) is 0 Å². The molecule has 4 heteroatoms. The van der Waals surface area contributed by atoms with Crippen molar-refractivity contribution in [3.63, 3.8) is 0 Å². The summed E-state index contributed by atoms with van der Waals surface area (Å²) >= 11 is 0. The van der Waals surface area contributed by atoms with Crippen LogP contribution in [0, 0.1) is 0 Å². The van der Waals surface area contributed by atoms with Crippen molar-refractivity contribution in [1.82, 2.24) is 9.78 Å². The lowest BCUT2D eigenvalue weighted by atomic mass is 9.90. The lowest BCUT2D eigenvalue weighted by molar-refractivity contribution is -0.00134. The zero-order chi connectivity index (χ0) is 13.2. The second kappa shape index (κ2) is 5.41. The van der Waals surface area contributed by atoms with Crippen LogP contribution >= 0.6 is 0 Å². The highest BCUT2D eigenvalue weighted by Crippen LogP contribution is 2.29. The molecular formula is C14H25N3O. The molecular weight excluding hydrogens is 226 g/mol. The fourth-order valence-electron chi connectivity index (χ4n) is 2.66. The van der Waals surface area contributed by atoms with Crippen LogP contribution in [-0.4, -0.2) is 28.0 Å². The Bertz CT molecular complexity index is 394. The van der Waals surface area contributed by atoms with E-state index in [4.69, 9.17) is 10.5 Å². The highest BCUT2D eigenvalue weighted by Gasteiger charge is 2.36. The molecule has 0 aliphatic carbocycles. The summed E-state index contributed by atoms with van der Waals surface area (Å²) in [5, 5.41) is 4.57. The quantitative estimate of drug-likeness (QED) is 0.869. The van der Waals surface area contributed by atoms with Gasteiger partial charge in [-0.15, -0.1) is 0 Å². The first-order chi connectivity index (χ1) is 8.59. The number of nitrogens with zero attached hydrogens (tertiary/aromatic N) is 2. The van der Waals surface area contributed by atoms with Crippen molar-refractivity contribution < 1.29 is 4.74 Å². The molecule has 0 saturated carbocycles.